The molecule has 3 rings (SSSR count). The number of aromatic nitrogens is 2. The molecule has 2 aromatic heterocycles. The second-order valence-electron chi connectivity index (χ2n) is 5.45. The Morgan fingerprint density at radius 2 is 1.90 bits per heavy atom. The highest BCUT2D eigenvalue weighted by atomic mass is 32.1. The fourth-order valence-corrected chi connectivity index (χ4v) is 3.51. The van der Waals surface area contributed by atoms with Gasteiger partial charge in [0.1, 0.15) is 11.5 Å². The highest BCUT2D eigenvalue weighted by molar-refractivity contribution is 7.15. The third-order valence-corrected chi connectivity index (χ3v) is 4.96. The van der Waals surface area contributed by atoms with Crippen LogP contribution in [0.15, 0.2) is 30.3 Å². The van der Waals surface area contributed by atoms with Crippen molar-refractivity contribution in [3.05, 3.63) is 46.3 Å². The van der Waals surface area contributed by atoms with Crippen LogP contribution in [0.1, 0.15) is 16.0 Å². The normalized spacial score (nSPS) is 11.0. The van der Waals surface area contributed by atoms with Crippen molar-refractivity contribution >= 4 is 17.2 Å². The van der Waals surface area contributed by atoms with Gasteiger partial charge < -0.3 is 5.73 Å². The maximum atomic E-state index is 6.27. The molecule has 0 atom stereocenters. The van der Waals surface area contributed by atoms with Gasteiger partial charge in [0, 0.05) is 11.9 Å². The highest BCUT2D eigenvalue weighted by Crippen LogP contribution is 2.39. The van der Waals surface area contributed by atoms with Crippen LogP contribution in [0.4, 0.5) is 5.82 Å². The van der Waals surface area contributed by atoms with Gasteiger partial charge in [-0.25, -0.2) is 0 Å². The number of thiophene rings is 1. The van der Waals surface area contributed by atoms with Crippen molar-refractivity contribution < 1.29 is 0 Å². The van der Waals surface area contributed by atoms with E-state index in [1.165, 1.54) is 20.9 Å². The standard InChI is InChI=1S/C17H19N3S/c1-10-6-5-7-13(8-10)15-16(19-20(4)17(15)18)14-9-11(2)12(3)21-14/h5-9H,18H2,1-4H3. The van der Waals surface area contributed by atoms with Crippen LogP contribution in [0, 0.1) is 20.8 Å². The van der Waals surface area contributed by atoms with Gasteiger partial charge in [-0.05, 0) is 38.0 Å². The van der Waals surface area contributed by atoms with E-state index >= 15 is 0 Å². The van der Waals surface area contributed by atoms with E-state index in [0.717, 1.165) is 16.8 Å². The summed E-state index contributed by atoms with van der Waals surface area (Å²) in [6, 6.07) is 10.6. The quantitative estimate of drug-likeness (QED) is 0.765. The molecule has 0 saturated heterocycles. The fraction of sp³-hybridized carbons (Fsp3) is 0.235. The van der Waals surface area contributed by atoms with Crippen LogP contribution >= 0.6 is 11.3 Å². The second-order valence-corrected chi connectivity index (χ2v) is 6.71. The van der Waals surface area contributed by atoms with Crippen LogP contribution in [-0.2, 0) is 7.05 Å². The minimum Gasteiger partial charge on any atom is -0.383 e. The first-order chi connectivity index (χ1) is 9.97. The monoisotopic (exact) mass is 297 g/mol. The van der Waals surface area contributed by atoms with Crippen LogP contribution < -0.4 is 5.73 Å². The summed E-state index contributed by atoms with van der Waals surface area (Å²) in [6.07, 6.45) is 0. The lowest BCUT2D eigenvalue weighted by Gasteiger charge is -2.04. The van der Waals surface area contributed by atoms with Crippen LogP contribution in [0.2, 0.25) is 0 Å². The number of nitrogens with zero attached hydrogens (tertiary/aromatic N) is 2. The summed E-state index contributed by atoms with van der Waals surface area (Å²) in [5, 5.41) is 4.64. The Bertz CT molecular complexity index is 792. The molecular formula is C17H19N3S. The van der Waals surface area contributed by atoms with Gasteiger partial charge >= 0.3 is 0 Å². The summed E-state index contributed by atoms with van der Waals surface area (Å²) >= 11 is 1.77. The van der Waals surface area contributed by atoms with Gasteiger partial charge in [0.25, 0.3) is 0 Å². The number of hydrogen-bond acceptors (Lipinski definition) is 3. The van der Waals surface area contributed by atoms with Gasteiger partial charge in [-0.15, -0.1) is 11.3 Å². The Kier molecular flexibility index (Phi) is 3.33. The molecule has 0 spiro atoms. The molecule has 1 aromatic carbocycles. The van der Waals surface area contributed by atoms with Crippen LogP contribution in [0.3, 0.4) is 0 Å². The van der Waals surface area contributed by atoms with Crippen molar-refractivity contribution in [2.45, 2.75) is 20.8 Å². The molecule has 0 radical (unpaired) electrons. The minimum atomic E-state index is 0.708. The maximum absolute atomic E-state index is 6.27. The highest BCUT2D eigenvalue weighted by Gasteiger charge is 2.19. The predicted octanol–water partition coefficient (Wildman–Crippen LogP) is 4.32. The molecule has 2 heterocycles. The van der Waals surface area contributed by atoms with E-state index in [2.05, 4.69) is 56.2 Å². The molecule has 3 aromatic rings. The zero-order valence-electron chi connectivity index (χ0n) is 12.8. The molecule has 0 aliphatic rings. The average Bonchev–Trinajstić information content (AvgIpc) is 2.91. The summed E-state index contributed by atoms with van der Waals surface area (Å²) in [7, 11) is 1.89. The molecule has 0 saturated carbocycles. The maximum Gasteiger partial charge on any atom is 0.129 e. The number of nitrogen functional groups attached to an aromatic ring is 1. The number of benzene rings is 1. The number of rotatable bonds is 2. The molecule has 4 heteroatoms. The Balaban J connectivity index is 2.25. The molecule has 0 fully saturated rings. The Morgan fingerprint density at radius 3 is 2.52 bits per heavy atom. The molecule has 0 bridgehead atoms. The molecule has 108 valence electrons. The largest absolute Gasteiger partial charge is 0.383 e. The molecule has 0 aliphatic carbocycles. The Hall–Kier alpha value is -2.07. The third-order valence-electron chi connectivity index (χ3n) is 3.80. The van der Waals surface area contributed by atoms with E-state index in [4.69, 9.17) is 5.73 Å². The van der Waals surface area contributed by atoms with Crippen LogP contribution in [0.25, 0.3) is 21.7 Å². The first-order valence-electron chi connectivity index (χ1n) is 6.94. The second kappa shape index (κ2) is 5.04. The van der Waals surface area contributed by atoms with Gasteiger partial charge in [0.2, 0.25) is 0 Å². The van der Waals surface area contributed by atoms with E-state index in [1.54, 1.807) is 16.0 Å². The Morgan fingerprint density at radius 1 is 1.14 bits per heavy atom. The SMILES string of the molecule is Cc1cccc(-c2c(-c3cc(C)c(C)s3)nn(C)c2N)c1. The van der Waals surface area contributed by atoms with Gasteiger partial charge in [-0.3, -0.25) is 4.68 Å². The summed E-state index contributed by atoms with van der Waals surface area (Å²) in [4.78, 5) is 2.50. The fourth-order valence-electron chi connectivity index (χ4n) is 2.48. The smallest absolute Gasteiger partial charge is 0.129 e. The van der Waals surface area contributed by atoms with E-state index in [-0.39, 0.29) is 0 Å². The van der Waals surface area contributed by atoms with E-state index in [1.807, 2.05) is 7.05 Å². The van der Waals surface area contributed by atoms with Crippen LogP contribution in [-0.4, -0.2) is 9.78 Å². The van der Waals surface area contributed by atoms with Crippen molar-refractivity contribution in [2.24, 2.45) is 7.05 Å². The van der Waals surface area contributed by atoms with Crippen molar-refractivity contribution in [2.75, 3.05) is 5.73 Å². The van der Waals surface area contributed by atoms with Crippen molar-refractivity contribution in [3.8, 4) is 21.7 Å². The first-order valence-corrected chi connectivity index (χ1v) is 7.76. The van der Waals surface area contributed by atoms with Gasteiger partial charge in [0.05, 0.1) is 10.4 Å². The predicted molar refractivity (Wildman–Crippen MR) is 90.6 cm³/mol. The number of aryl methyl sites for hydroxylation is 4. The third kappa shape index (κ3) is 2.36. The van der Waals surface area contributed by atoms with Gasteiger partial charge in [0.15, 0.2) is 0 Å². The molecule has 0 unspecified atom stereocenters. The first kappa shape index (κ1) is 13.9. The Labute approximate surface area is 129 Å². The lowest BCUT2D eigenvalue weighted by molar-refractivity contribution is 0.783. The number of nitrogens with two attached hydrogens (primary N) is 1. The summed E-state index contributed by atoms with van der Waals surface area (Å²) in [6.45, 7) is 6.37. The summed E-state index contributed by atoms with van der Waals surface area (Å²) in [5.74, 6) is 0.708. The number of anilines is 1. The van der Waals surface area contributed by atoms with E-state index < -0.39 is 0 Å². The van der Waals surface area contributed by atoms with Gasteiger partial charge in [-0.2, -0.15) is 5.10 Å². The molecule has 3 nitrogen and oxygen atoms in total. The lowest BCUT2D eigenvalue weighted by Crippen LogP contribution is -1.98. The minimum absolute atomic E-state index is 0.708. The lowest BCUT2D eigenvalue weighted by atomic mass is 10.0. The molecule has 0 amide bonds. The topological polar surface area (TPSA) is 43.8 Å². The zero-order chi connectivity index (χ0) is 15.1. The van der Waals surface area contributed by atoms with Gasteiger partial charge in [-0.1, -0.05) is 29.8 Å². The van der Waals surface area contributed by atoms with Crippen LogP contribution in [0.5, 0.6) is 0 Å². The molecule has 2 N–H and O–H groups in total. The summed E-state index contributed by atoms with van der Waals surface area (Å²) < 4.78 is 1.76. The number of hydrogen-bond donors (Lipinski definition) is 1. The van der Waals surface area contributed by atoms with Crippen molar-refractivity contribution in [3.63, 3.8) is 0 Å². The molecular weight excluding hydrogens is 278 g/mol. The molecule has 0 aliphatic heterocycles. The van der Waals surface area contributed by atoms with Crippen molar-refractivity contribution in [1.82, 2.24) is 9.78 Å². The van der Waals surface area contributed by atoms with E-state index in [9.17, 15) is 0 Å². The zero-order valence-corrected chi connectivity index (χ0v) is 13.6. The van der Waals surface area contributed by atoms with E-state index in [0.29, 0.717) is 5.82 Å². The molecule has 21 heavy (non-hydrogen) atoms. The summed E-state index contributed by atoms with van der Waals surface area (Å²) in [5.41, 5.74) is 11.9. The van der Waals surface area contributed by atoms with Crippen molar-refractivity contribution in [1.29, 1.82) is 0 Å². The average molecular weight is 297 g/mol.